The molecule has 0 saturated carbocycles. The van der Waals surface area contributed by atoms with Gasteiger partial charge in [0, 0.05) is 19.7 Å². The topological polar surface area (TPSA) is 96.0 Å². The molecule has 2 aromatic carbocycles. The maximum absolute atomic E-state index is 12.9. The van der Waals surface area contributed by atoms with Crippen molar-refractivity contribution in [1.82, 2.24) is 4.31 Å². The van der Waals surface area contributed by atoms with Crippen molar-refractivity contribution in [2.75, 3.05) is 37.0 Å². The van der Waals surface area contributed by atoms with Crippen LogP contribution in [0.5, 0.6) is 5.75 Å². The molecule has 0 unspecified atom stereocenters. The van der Waals surface area contributed by atoms with Gasteiger partial charge in [-0.05, 0) is 37.3 Å². The van der Waals surface area contributed by atoms with E-state index in [1.54, 1.807) is 12.1 Å². The first-order valence-electron chi connectivity index (χ1n) is 9.06. The fourth-order valence-electron chi connectivity index (χ4n) is 2.99. The Bertz CT molecular complexity index is 1030. The second-order valence-electron chi connectivity index (χ2n) is 6.82. The van der Waals surface area contributed by atoms with Crippen molar-refractivity contribution in [3.8, 4) is 5.75 Å². The van der Waals surface area contributed by atoms with Gasteiger partial charge in [0.2, 0.25) is 21.8 Å². The summed E-state index contributed by atoms with van der Waals surface area (Å²) in [5.74, 6) is -0.202. The van der Waals surface area contributed by atoms with Crippen molar-refractivity contribution >= 4 is 33.2 Å². The molecule has 0 bridgehead atoms. The van der Waals surface area contributed by atoms with Gasteiger partial charge in [0.05, 0.1) is 23.7 Å². The molecule has 0 aromatic heterocycles. The number of nitrogens with one attached hydrogen (secondary N) is 1. The van der Waals surface area contributed by atoms with E-state index in [1.807, 2.05) is 19.1 Å². The lowest BCUT2D eigenvalue weighted by molar-refractivity contribution is -0.117. The summed E-state index contributed by atoms with van der Waals surface area (Å²) in [5, 5.41) is 2.68. The number of carbonyl (C=O) groups is 2. The van der Waals surface area contributed by atoms with Crippen LogP contribution in [0.3, 0.4) is 0 Å². The third-order valence-electron chi connectivity index (χ3n) is 4.58. The standard InChI is InChI=1S/C20H23N3O5S/c1-14-4-6-16(7-5-14)21-20(25)13-22(3)29(26,27)17-8-9-19-18(12-17)23(15(2)24)10-11-28-19/h4-9,12H,10-11,13H2,1-3H3,(H,21,25). The SMILES string of the molecule is CC(=O)N1CCOc2ccc(S(=O)(=O)N(C)CC(=O)Nc3ccc(C)cc3)cc21. The van der Waals surface area contributed by atoms with Gasteiger partial charge in [-0.3, -0.25) is 9.59 Å². The molecule has 9 heteroatoms. The monoisotopic (exact) mass is 417 g/mol. The van der Waals surface area contributed by atoms with Crippen molar-refractivity contribution in [1.29, 1.82) is 0 Å². The zero-order valence-electron chi connectivity index (χ0n) is 16.5. The molecule has 1 N–H and O–H groups in total. The van der Waals surface area contributed by atoms with Crippen LogP contribution in [0.1, 0.15) is 12.5 Å². The van der Waals surface area contributed by atoms with Crippen LogP contribution >= 0.6 is 0 Å². The van der Waals surface area contributed by atoms with E-state index in [-0.39, 0.29) is 17.3 Å². The third-order valence-corrected chi connectivity index (χ3v) is 6.38. The predicted octanol–water partition coefficient (Wildman–Crippen LogP) is 2.00. The number of hydrogen-bond donors (Lipinski definition) is 1. The summed E-state index contributed by atoms with van der Waals surface area (Å²) in [6.07, 6.45) is 0. The molecule has 0 radical (unpaired) electrons. The molecule has 0 aliphatic carbocycles. The van der Waals surface area contributed by atoms with Crippen LogP contribution in [-0.2, 0) is 19.6 Å². The van der Waals surface area contributed by atoms with E-state index in [2.05, 4.69) is 5.32 Å². The van der Waals surface area contributed by atoms with Crippen LogP contribution in [0.15, 0.2) is 47.4 Å². The molecule has 0 saturated heterocycles. The average molecular weight is 417 g/mol. The number of amides is 2. The maximum Gasteiger partial charge on any atom is 0.243 e. The highest BCUT2D eigenvalue weighted by Crippen LogP contribution is 2.34. The lowest BCUT2D eigenvalue weighted by Gasteiger charge is -2.29. The van der Waals surface area contributed by atoms with E-state index in [0.29, 0.717) is 30.3 Å². The van der Waals surface area contributed by atoms with Crippen LogP contribution in [-0.4, -0.2) is 51.3 Å². The van der Waals surface area contributed by atoms with Gasteiger partial charge in [0.1, 0.15) is 12.4 Å². The molecule has 29 heavy (non-hydrogen) atoms. The largest absolute Gasteiger partial charge is 0.490 e. The molecular weight excluding hydrogens is 394 g/mol. The Hall–Kier alpha value is -2.91. The molecule has 1 aliphatic rings. The van der Waals surface area contributed by atoms with Crippen molar-refractivity contribution in [2.45, 2.75) is 18.7 Å². The number of likely N-dealkylation sites (N-methyl/N-ethyl adjacent to an activating group) is 1. The molecule has 3 rings (SSSR count). The average Bonchev–Trinajstić information content (AvgIpc) is 2.68. The minimum absolute atomic E-state index is 0.0152. The van der Waals surface area contributed by atoms with E-state index in [4.69, 9.17) is 4.74 Å². The van der Waals surface area contributed by atoms with Crippen LogP contribution in [0.4, 0.5) is 11.4 Å². The van der Waals surface area contributed by atoms with E-state index in [9.17, 15) is 18.0 Å². The number of carbonyl (C=O) groups excluding carboxylic acids is 2. The third kappa shape index (κ3) is 4.57. The minimum Gasteiger partial charge on any atom is -0.490 e. The number of rotatable bonds is 5. The second-order valence-corrected chi connectivity index (χ2v) is 8.87. The summed E-state index contributed by atoms with van der Waals surface area (Å²) in [4.78, 5) is 25.6. The van der Waals surface area contributed by atoms with Crippen LogP contribution < -0.4 is 15.0 Å². The van der Waals surface area contributed by atoms with E-state index in [0.717, 1.165) is 9.87 Å². The van der Waals surface area contributed by atoms with Crippen LogP contribution in [0.25, 0.3) is 0 Å². The molecule has 1 heterocycles. The van der Waals surface area contributed by atoms with Gasteiger partial charge in [-0.2, -0.15) is 4.31 Å². The van der Waals surface area contributed by atoms with E-state index >= 15 is 0 Å². The number of hydrogen-bond acceptors (Lipinski definition) is 5. The number of sulfonamides is 1. The quantitative estimate of drug-likeness (QED) is 0.803. The minimum atomic E-state index is -3.94. The van der Waals surface area contributed by atoms with Gasteiger partial charge in [-0.15, -0.1) is 0 Å². The van der Waals surface area contributed by atoms with Gasteiger partial charge in [-0.25, -0.2) is 8.42 Å². The first-order valence-corrected chi connectivity index (χ1v) is 10.5. The van der Waals surface area contributed by atoms with Crippen molar-refractivity contribution in [3.05, 3.63) is 48.0 Å². The zero-order chi connectivity index (χ0) is 21.2. The normalized spacial score (nSPS) is 13.6. The Balaban J connectivity index is 1.77. The van der Waals surface area contributed by atoms with Crippen molar-refractivity contribution in [3.63, 3.8) is 0 Å². The number of benzene rings is 2. The highest BCUT2D eigenvalue weighted by Gasteiger charge is 2.27. The smallest absolute Gasteiger partial charge is 0.243 e. The Morgan fingerprint density at radius 2 is 1.86 bits per heavy atom. The summed E-state index contributed by atoms with van der Waals surface area (Å²) < 4.78 is 32.3. The summed E-state index contributed by atoms with van der Waals surface area (Å²) in [6, 6.07) is 11.5. The molecule has 1 aliphatic heterocycles. The summed E-state index contributed by atoms with van der Waals surface area (Å²) in [7, 11) is -2.60. The predicted molar refractivity (Wildman–Crippen MR) is 110 cm³/mol. The van der Waals surface area contributed by atoms with Gasteiger partial charge < -0.3 is 15.0 Å². The number of aryl methyl sites for hydroxylation is 1. The number of ether oxygens (including phenoxy) is 1. The first-order chi connectivity index (χ1) is 13.7. The number of fused-ring (bicyclic) bond motifs is 1. The Morgan fingerprint density at radius 3 is 2.52 bits per heavy atom. The lowest BCUT2D eigenvalue weighted by atomic mass is 10.2. The van der Waals surface area contributed by atoms with E-state index < -0.39 is 15.9 Å². The molecule has 0 atom stereocenters. The van der Waals surface area contributed by atoms with Gasteiger partial charge in [-0.1, -0.05) is 17.7 Å². The molecule has 154 valence electrons. The first kappa shape index (κ1) is 20.8. The Labute approximate surface area is 170 Å². The summed E-state index contributed by atoms with van der Waals surface area (Å²) >= 11 is 0. The Morgan fingerprint density at radius 1 is 1.17 bits per heavy atom. The van der Waals surface area contributed by atoms with Gasteiger partial charge >= 0.3 is 0 Å². The van der Waals surface area contributed by atoms with Gasteiger partial charge in [0.25, 0.3) is 0 Å². The van der Waals surface area contributed by atoms with Crippen LogP contribution in [0.2, 0.25) is 0 Å². The highest BCUT2D eigenvalue weighted by atomic mass is 32.2. The number of anilines is 2. The second kappa shape index (κ2) is 8.22. The van der Waals surface area contributed by atoms with Crippen LogP contribution in [0, 0.1) is 6.92 Å². The van der Waals surface area contributed by atoms with Crippen molar-refractivity contribution in [2.24, 2.45) is 0 Å². The highest BCUT2D eigenvalue weighted by molar-refractivity contribution is 7.89. The lowest BCUT2D eigenvalue weighted by Crippen LogP contribution is -2.37. The fourth-order valence-corrected chi connectivity index (χ4v) is 4.14. The molecule has 0 fully saturated rings. The summed E-state index contributed by atoms with van der Waals surface area (Å²) in [6.45, 7) is 3.69. The summed E-state index contributed by atoms with van der Waals surface area (Å²) in [5.41, 5.74) is 2.05. The fraction of sp³-hybridized carbons (Fsp3) is 0.300. The molecule has 8 nitrogen and oxygen atoms in total. The van der Waals surface area contributed by atoms with E-state index in [1.165, 1.54) is 37.1 Å². The van der Waals surface area contributed by atoms with Gasteiger partial charge in [0.15, 0.2) is 0 Å². The molecule has 2 aromatic rings. The molecular formula is C20H23N3O5S. The molecule has 2 amide bonds. The number of nitrogens with zero attached hydrogens (tertiary/aromatic N) is 2. The van der Waals surface area contributed by atoms with Crippen molar-refractivity contribution < 1.29 is 22.7 Å². The maximum atomic E-state index is 12.9. The zero-order valence-corrected chi connectivity index (χ0v) is 17.3. The molecule has 0 spiro atoms. The Kier molecular flexibility index (Phi) is 5.90.